The molecule has 5 nitrogen and oxygen atoms in total. The lowest BCUT2D eigenvalue weighted by molar-refractivity contribution is -0.111. The molecule has 0 aromatic rings. The second-order valence-corrected chi connectivity index (χ2v) is 3.71. The number of hydrogen-bond donors (Lipinski definition) is 3. The first-order chi connectivity index (χ1) is 5.94. The molecule has 1 saturated heterocycles. The zero-order valence-electron chi connectivity index (χ0n) is 7.91. The summed E-state index contributed by atoms with van der Waals surface area (Å²) < 4.78 is 4.80. The Labute approximate surface area is 77.2 Å². The molecule has 13 heavy (non-hydrogen) atoms. The van der Waals surface area contributed by atoms with E-state index in [1.54, 1.807) is 6.92 Å². The summed E-state index contributed by atoms with van der Waals surface area (Å²) in [7, 11) is 0. The lowest BCUT2D eigenvalue weighted by Gasteiger charge is -2.41. The lowest BCUT2D eigenvalue weighted by atomic mass is 9.82. The quantitative estimate of drug-likeness (QED) is 0.515. The van der Waals surface area contributed by atoms with Crippen LogP contribution in [0.4, 0.5) is 4.79 Å². The molecule has 0 aromatic heterocycles. The number of carbonyl (C=O) groups is 1. The largest absolute Gasteiger partial charge is 0.442 e. The van der Waals surface area contributed by atoms with Gasteiger partial charge in [0.1, 0.15) is 11.7 Å². The molecule has 76 valence electrons. The van der Waals surface area contributed by atoms with Crippen LogP contribution in [0.5, 0.6) is 0 Å². The van der Waals surface area contributed by atoms with Crippen LogP contribution in [0.2, 0.25) is 0 Å². The molecule has 0 radical (unpaired) electrons. The number of piperidine rings is 1. The number of nitrogens with two attached hydrogens (primary N) is 1. The van der Waals surface area contributed by atoms with Crippen LogP contribution < -0.4 is 11.1 Å². The third-order valence-electron chi connectivity index (χ3n) is 2.69. The standard InChI is InChI=1S/C8H16N2O3/c1-5-3-10-4-6(8(5,2)12)13-7(9)11/h5-6,10,12H,3-4H2,1-2H3,(H2,9,11)/t5-,6+,8+/m0/s1. The number of amides is 1. The van der Waals surface area contributed by atoms with Gasteiger partial charge >= 0.3 is 6.09 Å². The van der Waals surface area contributed by atoms with Gasteiger partial charge in [-0.3, -0.25) is 0 Å². The third kappa shape index (κ3) is 2.10. The summed E-state index contributed by atoms with van der Waals surface area (Å²) in [5, 5.41) is 13.0. The van der Waals surface area contributed by atoms with E-state index in [1.807, 2.05) is 6.92 Å². The Hall–Kier alpha value is -0.810. The van der Waals surface area contributed by atoms with Gasteiger partial charge in [0.25, 0.3) is 0 Å². The summed E-state index contributed by atoms with van der Waals surface area (Å²) in [6, 6.07) is 0. The van der Waals surface area contributed by atoms with E-state index in [-0.39, 0.29) is 5.92 Å². The highest BCUT2D eigenvalue weighted by Gasteiger charge is 2.42. The van der Waals surface area contributed by atoms with Crippen molar-refractivity contribution in [2.45, 2.75) is 25.6 Å². The Morgan fingerprint density at radius 1 is 1.69 bits per heavy atom. The fourth-order valence-corrected chi connectivity index (χ4v) is 1.46. The Morgan fingerprint density at radius 3 is 2.85 bits per heavy atom. The van der Waals surface area contributed by atoms with Crippen LogP contribution >= 0.6 is 0 Å². The van der Waals surface area contributed by atoms with E-state index in [0.29, 0.717) is 13.1 Å². The van der Waals surface area contributed by atoms with Crippen molar-refractivity contribution in [1.29, 1.82) is 0 Å². The maximum absolute atomic E-state index is 10.5. The van der Waals surface area contributed by atoms with Gasteiger partial charge in [0, 0.05) is 19.0 Å². The molecule has 5 heteroatoms. The first-order valence-electron chi connectivity index (χ1n) is 4.33. The number of rotatable bonds is 1. The van der Waals surface area contributed by atoms with Crippen molar-refractivity contribution in [2.24, 2.45) is 11.7 Å². The van der Waals surface area contributed by atoms with E-state index in [1.165, 1.54) is 0 Å². The average molecular weight is 188 g/mol. The van der Waals surface area contributed by atoms with E-state index in [4.69, 9.17) is 10.5 Å². The molecule has 0 aliphatic carbocycles. The maximum atomic E-state index is 10.5. The van der Waals surface area contributed by atoms with Gasteiger partial charge in [-0.1, -0.05) is 6.92 Å². The summed E-state index contributed by atoms with van der Waals surface area (Å²) in [4.78, 5) is 10.5. The van der Waals surface area contributed by atoms with Crippen molar-refractivity contribution in [2.75, 3.05) is 13.1 Å². The summed E-state index contributed by atoms with van der Waals surface area (Å²) >= 11 is 0. The van der Waals surface area contributed by atoms with Crippen molar-refractivity contribution in [1.82, 2.24) is 5.32 Å². The number of ether oxygens (including phenoxy) is 1. The van der Waals surface area contributed by atoms with Gasteiger partial charge < -0.3 is 20.9 Å². The molecule has 1 amide bonds. The first kappa shape index (κ1) is 10.3. The fraction of sp³-hybridized carbons (Fsp3) is 0.875. The van der Waals surface area contributed by atoms with E-state index in [0.717, 1.165) is 0 Å². The maximum Gasteiger partial charge on any atom is 0.404 e. The Bertz CT molecular complexity index is 206. The molecule has 0 spiro atoms. The van der Waals surface area contributed by atoms with Gasteiger partial charge in [0.15, 0.2) is 0 Å². The number of hydrogen-bond acceptors (Lipinski definition) is 4. The zero-order valence-corrected chi connectivity index (χ0v) is 7.91. The second kappa shape index (κ2) is 3.51. The molecule has 0 bridgehead atoms. The van der Waals surface area contributed by atoms with Crippen LogP contribution in [-0.2, 0) is 4.74 Å². The summed E-state index contributed by atoms with van der Waals surface area (Å²) in [6.45, 7) is 4.71. The van der Waals surface area contributed by atoms with E-state index >= 15 is 0 Å². The van der Waals surface area contributed by atoms with Gasteiger partial charge in [-0.25, -0.2) is 4.79 Å². The van der Waals surface area contributed by atoms with Crippen LogP contribution in [-0.4, -0.2) is 36.0 Å². The van der Waals surface area contributed by atoms with E-state index < -0.39 is 17.8 Å². The molecule has 0 saturated carbocycles. The lowest BCUT2D eigenvalue weighted by Crippen LogP contribution is -2.59. The highest BCUT2D eigenvalue weighted by molar-refractivity contribution is 5.65. The number of aliphatic hydroxyl groups is 1. The molecule has 0 aromatic carbocycles. The summed E-state index contributed by atoms with van der Waals surface area (Å²) in [5.41, 5.74) is 3.89. The minimum absolute atomic E-state index is 0.0330. The van der Waals surface area contributed by atoms with Crippen LogP contribution in [0.25, 0.3) is 0 Å². The molecule has 1 aliphatic heterocycles. The van der Waals surface area contributed by atoms with Gasteiger partial charge in [-0.2, -0.15) is 0 Å². The van der Waals surface area contributed by atoms with Crippen LogP contribution in [0.15, 0.2) is 0 Å². The van der Waals surface area contributed by atoms with Gasteiger partial charge in [-0.15, -0.1) is 0 Å². The minimum atomic E-state index is -1.000. The molecule has 1 heterocycles. The normalized spacial score (nSPS) is 39.9. The topological polar surface area (TPSA) is 84.6 Å². The van der Waals surface area contributed by atoms with Crippen LogP contribution in [0.1, 0.15) is 13.8 Å². The predicted octanol–water partition coefficient (Wildman–Crippen LogP) is -0.559. The molecule has 3 atom stereocenters. The first-order valence-corrected chi connectivity index (χ1v) is 4.33. The van der Waals surface area contributed by atoms with Crippen molar-refractivity contribution in [3.63, 3.8) is 0 Å². The molecule has 0 unspecified atom stereocenters. The molecular formula is C8H16N2O3. The number of nitrogens with one attached hydrogen (secondary N) is 1. The van der Waals surface area contributed by atoms with E-state index in [9.17, 15) is 9.90 Å². The van der Waals surface area contributed by atoms with Gasteiger partial charge in [0.05, 0.1) is 0 Å². The SMILES string of the molecule is C[C@H]1CNC[C@@H](OC(N)=O)[C@]1(C)O. The average Bonchev–Trinajstić information content (AvgIpc) is 1.99. The highest BCUT2D eigenvalue weighted by atomic mass is 16.6. The smallest absolute Gasteiger partial charge is 0.404 e. The summed E-state index contributed by atoms with van der Waals surface area (Å²) in [6.07, 6.45) is -1.41. The second-order valence-electron chi connectivity index (χ2n) is 3.71. The number of carbonyl (C=O) groups excluding carboxylic acids is 1. The molecule has 1 rings (SSSR count). The predicted molar refractivity (Wildman–Crippen MR) is 47.1 cm³/mol. The minimum Gasteiger partial charge on any atom is -0.442 e. The zero-order chi connectivity index (χ0) is 10.1. The Kier molecular flexibility index (Phi) is 2.77. The summed E-state index contributed by atoms with van der Waals surface area (Å²) in [5.74, 6) is 0.0330. The molecular weight excluding hydrogens is 172 g/mol. The van der Waals surface area contributed by atoms with Crippen LogP contribution in [0, 0.1) is 5.92 Å². The monoisotopic (exact) mass is 188 g/mol. The van der Waals surface area contributed by atoms with Crippen LogP contribution in [0.3, 0.4) is 0 Å². The third-order valence-corrected chi connectivity index (χ3v) is 2.69. The number of primary amides is 1. The Morgan fingerprint density at radius 2 is 2.31 bits per heavy atom. The highest BCUT2D eigenvalue weighted by Crippen LogP contribution is 2.25. The van der Waals surface area contributed by atoms with Crippen molar-refractivity contribution in [3.8, 4) is 0 Å². The molecule has 1 aliphatic rings. The van der Waals surface area contributed by atoms with E-state index in [2.05, 4.69) is 5.32 Å². The van der Waals surface area contributed by atoms with Gasteiger partial charge in [0.2, 0.25) is 0 Å². The molecule has 1 fully saturated rings. The van der Waals surface area contributed by atoms with Crippen molar-refractivity contribution < 1.29 is 14.6 Å². The fourth-order valence-electron chi connectivity index (χ4n) is 1.46. The Balaban J connectivity index is 2.66. The van der Waals surface area contributed by atoms with Crippen molar-refractivity contribution in [3.05, 3.63) is 0 Å². The molecule has 4 N–H and O–H groups in total. The van der Waals surface area contributed by atoms with Gasteiger partial charge in [-0.05, 0) is 6.92 Å². The van der Waals surface area contributed by atoms with Crippen molar-refractivity contribution >= 4 is 6.09 Å².